The van der Waals surface area contributed by atoms with Gasteiger partial charge in [-0.25, -0.2) is 4.39 Å². The quantitative estimate of drug-likeness (QED) is 0.569. The van der Waals surface area contributed by atoms with E-state index in [1.165, 1.54) is 13.2 Å². The van der Waals surface area contributed by atoms with Gasteiger partial charge in [-0.15, -0.1) is 0 Å². The normalized spacial score (nSPS) is 15.1. The van der Waals surface area contributed by atoms with Gasteiger partial charge in [0.15, 0.2) is 11.6 Å². The summed E-state index contributed by atoms with van der Waals surface area (Å²) in [6.45, 7) is 3.51. The Bertz CT molecular complexity index is 1140. The molecule has 0 fully saturated rings. The summed E-state index contributed by atoms with van der Waals surface area (Å²) in [5.41, 5.74) is 4.95. The van der Waals surface area contributed by atoms with Crippen LogP contribution in [0.1, 0.15) is 29.2 Å². The Morgan fingerprint density at radius 2 is 2.10 bits per heavy atom. The SMILES string of the molecule is C=CC(=O)Nc1ccccc1-c1n[nH]c2c1CCC(c1cc(OC)cc(OC)c1F)C2. The van der Waals surface area contributed by atoms with Crippen LogP contribution in [0.15, 0.2) is 49.1 Å². The number of methoxy groups -OCH3 is 2. The lowest BCUT2D eigenvalue weighted by Crippen LogP contribution is -2.14. The van der Waals surface area contributed by atoms with Gasteiger partial charge >= 0.3 is 0 Å². The molecule has 7 heteroatoms. The number of rotatable bonds is 6. The largest absolute Gasteiger partial charge is 0.497 e. The average molecular weight is 421 g/mol. The zero-order valence-electron chi connectivity index (χ0n) is 17.5. The summed E-state index contributed by atoms with van der Waals surface area (Å²) in [6, 6.07) is 10.8. The van der Waals surface area contributed by atoms with Crippen LogP contribution in [0.25, 0.3) is 11.3 Å². The van der Waals surface area contributed by atoms with Gasteiger partial charge in [0.2, 0.25) is 5.91 Å². The van der Waals surface area contributed by atoms with Crippen LogP contribution in [0.4, 0.5) is 10.1 Å². The van der Waals surface area contributed by atoms with E-state index in [9.17, 15) is 9.18 Å². The number of hydrogen-bond acceptors (Lipinski definition) is 4. The van der Waals surface area contributed by atoms with Crippen molar-refractivity contribution in [1.29, 1.82) is 0 Å². The van der Waals surface area contributed by atoms with Gasteiger partial charge < -0.3 is 14.8 Å². The molecule has 1 atom stereocenters. The third kappa shape index (κ3) is 3.91. The van der Waals surface area contributed by atoms with Crippen LogP contribution < -0.4 is 14.8 Å². The molecule has 0 aliphatic heterocycles. The molecular weight excluding hydrogens is 397 g/mol. The first-order chi connectivity index (χ1) is 15.0. The molecule has 1 unspecified atom stereocenters. The molecule has 1 amide bonds. The molecule has 3 aromatic rings. The molecule has 31 heavy (non-hydrogen) atoms. The lowest BCUT2D eigenvalue weighted by Gasteiger charge is -2.24. The average Bonchev–Trinajstić information content (AvgIpc) is 3.22. The van der Waals surface area contributed by atoms with E-state index in [-0.39, 0.29) is 23.4 Å². The lowest BCUT2D eigenvalue weighted by molar-refractivity contribution is -0.111. The minimum Gasteiger partial charge on any atom is -0.497 e. The zero-order valence-corrected chi connectivity index (χ0v) is 17.5. The first-order valence-corrected chi connectivity index (χ1v) is 10.1. The Morgan fingerprint density at radius 1 is 1.29 bits per heavy atom. The monoisotopic (exact) mass is 421 g/mol. The van der Waals surface area contributed by atoms with Crippen molar-refractivity contribution in [3.63, 3.8) is 0 Å². The maximum atomic E-state index is 15.0. The number of carbonyl (C=O) groups excluding carboxylic acids is 1. The number of aromatic amines is 1. The minimum absolute atomic E-state index is 0.0273. The summed E-state index contributed by atoms with van der Waals surface area (Å²) in [5.74, 6) is 0.0856. The topological polar surface area (TPSA) is 76.2 Å². The van der Waals surface area contributed by atoms with Crippen molar-refractivity contribution in [1.82, 2.24) is 10.2 Å². The van der Waals surface area contributed by atoms with Crippen molar-refractivity contribution in [3.05, 3.63) is 71.7 Å². The van der Waals surface area contributed by atoms with Crippen molar-refractivity contribution in [2.75, 3.05) is 19.5 Å². The van der Waals surface area contributed by atoms with E-state index in [4.69, 9.17) is 9.47 Å². The summed E-state index contributed by atoms with van der Waals surface area (Å²) in [4.78, 5) is 11.8. The summed E-state index contributed by atoms with van der Waals surface area (Å²) < 4.78 is 25.5. The number of para-hydroxylation sites is 1. The predicted molar refractivity (Wildman–Crippen MR) is 117 cm³/mol. The first-order valence-electron chi connectivity index (χ1n) is 10.1. The van der Waals surface area contributed by atoms with E-state index in [2.05, 4.69) is 22.1 Å². The van der Waals surface area contributed by atoms with Crippen LogP contribution in [-0.2, 0) is 17.6 Å². The van der Waals surface area contributed by atoms with E-state index in [1.54, 1.807) is 19.2 Å². The second-order valence-electron chi connectivity index (χ2n) is 7.44. The van der Waals surface area contributed by atoms with E-state index >= 15 is 0 Å². The Balaban J connectivity index is 1.67. The number of halogens is 1. The van der Waals surface area contributed by atoms with Gasteiger partial charge in [-0.1, -0.05) is 24.8 Å². The molecule has 0 radical (unpaired) electrons. The number of carbonyl (C=O) groups is 1. The van der Waals surface area contributed by atoms with E-state index in [1.807, 2.05) is 24.3 Å². The van der Waals surface area contributed by atoms with E-state index < -0.39 is 0 Å². The highest BCUT2D eigenvalue weighted by Gasteiger charge is 2.29. The van der Waals surface area contributed by atoms with Crippen LogP contribution in [0.3, 0.4) is 0 Å². The lowest BCUT2D eigenvalue weighted by atomic mass is 9.81. The molecule has 6 nitrogen and oxygen atoms in total. The third-order valence-electron chi connectivity index (χ3n) is 5.71. The highest BCUT2D eigenvalue weighted by Crippen LogP contribution is 2.41. The molecule has 2 N–H and O–H groups in total. The second kappa shape index (κ2) is 8.63. The number of ether oxygens (including phenoxy) is 2. The van der Waals surface area contributed by atoms with Gasteiger partial charge in [-0.2, -0.15) is 5.10 Å². The molecule has 1 aliphatic carbocycles. The zero-order chi connectivity index (χ0) is 22.0. The van der Waals surface area contributed by atoms with Crippen molar-refractivity contribution >= 4 is 11.6 Å². The second-order valence-corrected chi connectivity index (χ2v) is 7.44. The van der Waals surface area contributed by atoms with Crippen LogP contribution in [0.5, 0.6) is 11.5 Å². The molecule has 4 rings (SSSR count). The Morgan fingerprint density at radius 3 is 2.84 bits per heavy atom. The highest BCUT2D eigenvalue weighted by atomic mass is 19.1. The van der Waals surface area contributed by atoms with Crippen LogP contribution >= 0.6 is 0 Å². The smallest absolute Gasteiger partial charge is 0.247 e. The number of benzene rings is 2. The number of anilines is 1. The molecule has 1 aliphatic rings. The molecule has 160 valence electrons. The molecule has 0 saturated heterocycles. The minimum atomic E-state index is -0.353. The first kappa shape index (κ1) is 20.7. The number of nitrogens with zero attached hydrogens (tertiary/aromatic N) is 1. The number of nitrogens with one attached hydrogen (secondary N) is 2. The van der Waals surface area contributed by atoms with Gasteiger partial charge in [0.05, 0.1) is 25.6 Å². The summed E-state index contributed by atoms with van der Waals surface area (Å²) in [5, 5.41) is 10.5. The van der Waals surface area contributed by atoms with Gasteiger partial charge in [-0.3, -0.25) is 9.89 Å². The Labute approximate surface area is 180 Å². The van der Waals surface area contributed by atoms with Crippen LogP contribution in [-0.4, -0.2) is 30.3 Å². The van der Waals surface area contributed by atoms with E-state index in [0.717, 1.165) is 35.4 Å². The van der Waals surface area contributed by atoms with Crippen LogP contribution in [0.2, 0.25) is 0 Å². The summed E-state index contributed by atoms with van der Waals surface area (Å²) >= 11 is 0. The number of fused-ring (bicyclic) bond motifs is 1. The number of amides is 1. The fourth-order valence-electron chi connectivity index (χ4n) is 4.13. The third-order valence-corrected chi connectivity index (χ3v) is 5.71. The fraction of sp³-hybridized carbons (Fsp3) is 0.250. The molecule has 0 bridgehead atoms. The van der Waals surface area contributed by atoms with Crippen molar-refractivity contribution in [2.45, 2.75) is 25.2 Å². The van der Waals surface area contributed by atoms with Crippen molar-refractivity contribution in [2.24, 2.45) is 0 Å². The van der Waals surface area contributed by atoms with Crippen molar-refractivity contribution < 1.29 is 18.7 Å². The fourth-order valence-corrected chi connectivity index (χ4v) is 4.13. The summed E-state index contributed by atoms with van der Waals surface area (Å²) in [6.07, 6.45) is 3.34. The standard InChI is InChI=1S/C24H24FN3O3/c1-4-22(29)26-19-8-6-5-7-16(19)24-17-10-9-14(11-20(17)27-28-24)18-12-15(30-2)13-21(31-3)23(18)25/h4-8,12-14H,1,9-11H2,2-3H3,(H,26,29)(H,27,28). The molecular formula is C24H24FN3O3. The number of aromatic nitrogens is 2. The number of hydrogen-bond donors (Lipinski definition) is 2. The number of H-pyrrole nitrogens is 1. The molecule has 0 saturated carbocycles. The van der Waals surface area contributed by atoms with Gasteiger partial charge in [0, 0.05) is 22.9 Å². The van der Waals surface area contributed by atoms with E-state index in [0.29, 0.717) is 23.4 Å². The molecule has 2 aromatic carbocycles. The summed E-state index contributed by atoms with van der Waals surface area (Å²) in [7, 11) is 3.00. The maximum Gasteiger partial charge on any atom is 0.247 e. The Kier molecular flexibility index (Phi) is 5.75. The van der Waals surface area contributed by atoms with Gasteiger partial charge in [0.1, 0.15) is 5.75 Å². The predicted octanol–water partition coefficient (Wildman–Crippen LogP) is 4.63. The molecule has 0 spiro atoms. The Hall–Kier alpha value is -3.61. The van der Waals surface area contributed by atoms with Crippen LogP contribution in [0, 0.1) is 5.82 Å². The highest BCUT2D eigenvalue weighted by molar-refractivity contribution is 6.01. The van der Waals surface area contributed by atoms with Gasteiger partial charge in [0.25, 0.3) is 0 Å². The van der Waals surface area contributed by atoms with Gasteiger partial charge in [-0.05, 0) is 49.0 Å². The maximum absolute atomic E-state index is 15.0. The molecule has 1 heterocycles. The molecule has 1 aromatic heterocycles. The van der Waals surface area contributed by atoms with Crippen molar-refractivity contribution in [3.8, 4) is 22.8 Å².